The highest BCUT2D eigenvalue weighted by Crippen LogP contribution is 2.07. The van der Waals surface area contributed by atoms with Gasteiger partial charge in [-0.3, -0.25) is 4.79 Å². The molecule has 7 nitrogen and oxygen atoms in total. The second-order valence-corrected chi connectivity index (χ2v) is 6.12. The zero-order valence-electron chi connectivity index (χ0n) is 13.8. The third-order valence-electron chi connectivity index (χ3n) is 2.55. The first-order valence-electron chi connectivity index (χ1n) is 6.85. The number of carbonyl (C=O) groups excluding carboxylic acids is 3. The number of esters is 1. The van der Waals surface area contributed by atoms with Crippen molar-refractivity contribution in [2.75, 3.05) is 7.11 Å². The molecule has 0 spiro atoms. The molecule has 0 saturated heterocycles. The minimum atomic E-state index is -0.828. The second kappa shape index (κ2) is 7.85. The predicted octanol–water partition coefficient (Wildman–Crippen LogP) is 1.21. The summed E-state index contributed by atoms with van der Waals surface area (Å²) < 4.78 is 9.69. The number of ether oxygens (including phenoxy) is 2. The number of rotatable bonds is 5. The van der Waals surface area contributed by atoms with Crippen LogP contribution in [0.3, 0.4) is 0 Å². The highest BCUT2D eigenvalue weighted by molar-refractivity contribution is 5.89. The van der Waals surface area contributed by atoms with Gasteiger partial charge in [-0.05, 0) is 33.6 Å². The Balaban J connectivity index is 4.57. The molecular weight excluding hydrogens is 276 g/mol. The van der Waals surface area contributed by atoms with Crippen molar-refractivity contribution in [3.63, 3.8) is 0 Å². The average molecular weight is 302 g/mol. The number of nitrogens with one attached hydrogen (secondary N) is 2. The van der Waals surface area contributed by atoms with E-state index in [2.05, 4.69) is 15.4 Å². The van der Waals surface area contributed by atoms with Gasteiger partial charge in [0.25, 0.3) is 0 Å². The van der Waals surface area contributed by atoms with E-state index in [1.165, 1.54) is 14.0 Å². The summed E-state index contributed by atoms with van der Waals surface area (Å²) in [5.74, 6) is -1.14. The molecular formula is C14H26N2O5. The normalized spacial score (nSPS) is 14.1. The Hall–Kier alpha value is -1.79. The average Bonchev–Trinajstić information content (AvgIpc) is 2.31. The van der Waals surface area contributed by atoms with Crippen LogP contribution in [0.1, 0.15) is 41.5 Å². The first-order valence-corrected chi connectivity index (χ1v) is 6.85. The van der Waals surface area contributed by atoms with E-state index < -0.39 is 35.7 Å². The van der Waals surface area contributed by atoms with Crippen molar-refractivity contribution in [3.8, 4) is 0 Å². The minimum absolute atomic E-state index is 0.130. The standard InChI is InChI=1S/C14H26N2O5/c1-8(2)10(12(18)20-7)16-11(17)9(3)15-13(19)21-14(4,5)6/h8-10H,1-7H3,(H,15,19)(H,16,17)/t9-,10+/m0/s1. The molecule has 0 fully saturated rings. The van der Waals surface area contributed by atoms with Crippen LogP contribution < -0.4 is 10.6 Å². The molecule has 0 aliphatic heterocycles. The van der Waals surface area contributed by atoms with Crippen molar-refractivity contribution in [2.24, 2.45) is 5.92 Å². The summed E-state index contributed by atoms with van der Waals surface area (Å²) in [6.45, 7) is 10.3. The number of alkyl carbamates (subject to hydrolysis) is 1. The summed E-state index contributed by atoms with van der Waals surface area (Å²) >= 11 is 0. The van der Waals surface area contributed by atoms with Crippen LogP contribution in [-0.2, 0) is 19.1 Å². The zero-order valence-corrected chi connectivity index (χ0v) is 13.8. The fraction of sp³-hybridized carbons (Fsp3) is 0.786. The largest absolute Gasteiger partial charge is 0.467 e. The Kier molecular flexibility index (Phi) is 7.18. The summed E-state index contributed by atoms with van der Waals surface area (Å²) in [4.78, 5) is 35.1. The fourth-order valence-corrected chi connectivity index (χ4v) is 1.45. The van der Waals surface area contributed by atoms with Crippen LogP contribution in [0.15, 0.2) is 0 Å². The monoisotopic (exact) mass is 302 g/mol. The Bertz CT molecular complexity index is 387. The van der Waals surface area contributed by atoms with Crippen LogP contribution in [0.5, 0.6) is 0 Å². The lowest BCUT2D eigenvalue weighted by atomic mass is 10.0. The van der Waals surface area contributed by atoms with E-state index in [1.54, 1.807) is 34.6 Å². The highest BCUT2D eigenvalue weighted by Gasteiger charge is 2.28. The maximum atomic E-state index is 12.0. The molecule has 0 saturated carbocycles. The van der Waals surface area contributed by atoms with Crippen molar-refractivity contribution in [1.82, 2.24) is 10.6 Å². The third-order valence-corrected chi connectivity index (χ3v) is 2.55. The van der Waals surface area contributed by atoms with E-state index in [0.29, 0.717) is 0 Å². The molecule has 0 aromatic heterocycles. The van der Waals surface area contributed by atoms with Crippen LogP contribution in [-0.4, -0.2) is 42.8 Å². The van der Waals surface area contributed by atoms with Crippen LogP contribution in [0.2, 0.25) is 0 Å². The van der Waals surface area contributed by atoms with Crippen LogP contribution in [0.4, 0.5) is 4.79 Å². The molecule has 0 aromatic rings. The lowest BCUT2D eigenvalue weighted by molar-refractivity contribution is -0.146. The summed E-state index contributed by atoms with van der Waals surface area (Å²) in [6, 6.07) is -1.59. The van der Waals surface area contributed by atoms with E-state index in [4.69, 9.17) is 4.74 Å². The topological polar surface area (TPSA) is 93.7 Å². The lowest BCUT2D eigenvalue weighted by Gasteiger charge is -2.24. The number of hydrogen-bond acceptors (Lipinski definition) is 5. The van der Waals surface area contributed by atoms with Crippen molar-refractivity contribution in [2.45, 2.75) is 59.2 Å². The van der Waals surface area contributed by atoms with Crippen molar-refractivity contribution in [1.29, 1.82) is 0 Å². The Morgan fingerprint density at radius 3 is 1.90 bits per heavy atom. The van der Waals surface area contributed by atoms with Gasteiger partial charge in [-0.15, -0.1) is 0 Å². The Morgan fingerprint density at radius 2 is 1.52 bits per heavy atom. The first kappa shape index (κ1) is 19.2. The quantitative estimate of drug-likeness (QED) is 0.745. The molecule has 2 atom stereocenters. The maximum absolute atomic E-state index is 12.0. The fourth-order valence-electron chi connectivity index (χ4n) is 1.45. The molecule has 0 bridgehead atoms. The van der Waals surface area contributed by atoms with E-state index >= 15 is 0 Å². The molecule has 2 amide bonds. The number of amides is 2. The van der Waals surface area contributed by atoms with Gasteiger partial charge in [0.15, 0.2) is 0 Å². The SMILES string of the molecule is COC(=O)[C@H](NC(=O)[C@H](C)NC(=O)OC(C)(C)C)C(C)C. The molecule has 0 aromatic carbocycles. The molecule has 0 rings (SSSR count). The third kappa shape index (κ3) is 7.53. The molecule has 0 heterocycles. The Morgan fingerprint density at radius 1 is 1.00 bits per heavy atom. The van der Waals surface area contributed by atoms with Crippen LogP contribution >= 0.6 is 0 Å². The molecule has 2 N–H and O–H groups in total. The van der Waals surface area contributed by atoms with Crippen LogP contribution in [0, 0.1) is 5.92 Å². The van der Waals surface area contributed by atoms with E-state index in [9.17, 15) is 14.4 Å². The summed E-state index contributed by atoms with van der Waals surface area (Å²) in [6.07, 6.45) is -0.690. The summed E-state index contributed by atoms with van der Waals surface area (Å²) in [7, 11) is 1.26. The molecule has 0 unspecified atom stereocenters. The van der Waals surface area contributed by atoms with Gasteiger partial charge in [-0.25, -0.2) is 9.59 Å². The van der Waals surface area contributed by atoms with E-state index in [0.717, 1.165) is 0 Å². The maximum Gasteiger partial charge on any atom is 0.408 e. The van der Waals surface area contributed by atoms with Gasteiger partial charge in [0.2, 0.25) is 5.91 Å². The number of methoxy groups -OCH3 is 1. The number of carbonyl (C=O) groups is 3. The van der Waals surface area contributed by atoms with Crippen molar-refractivity contribution in [3.05, 3.63) is 0 Å². The van der Waals surface area contributed by atoms with Crippen molar-refractivity contribution >= 4 is 18.0 Å². The van der Waals surface area contributed by atoms with Crippen LogP contribution in [0.25, 0.3) is 0 Å². The second-order valence-electron chi connectivity index (χ2n) is 6.12. The molecule has 0 radical (unpaired) electrons. The van der Waals surface area contributed by atoms with Gasteiger partial charge < -0.3 is 20.1 Å². The van der Waals surface area contributed by atoms with Gasteiger partial charge in [0.1, 0.15) is 17.7 Å². The van der Waals surface area contributed by atoms with Crippen molar-refractivity contribution < 1.29 is 23.9 Å². The molecule has 0 aliphatic rings. The van der Waals surface area contributed by atoms with Gasteiger partial charge in [-0.1, -0.05) is 13.8 Å². The van der Waals surface area contributed by atoms with Gasteiger partial charge in [-0.2, -0.15) is 0 Å². The molecule has 0 aliphatic carbocycles. The zero-order chi connectivity index (χ0) is 16.8. The molecule has 21 heavy (non-hydrogen) atoms. The number of hydrogen-bond donors (Lipinski definition) is 2. The Labute approximate surface area is 125 Å². The van der Waals surface area contributed by atoms with Gasteiger partial charge in [0, 0.05) is 0 Å². The van der Waals surface area contributed by atoms with E-state index in [-0.39, 0.29) is 5.92 Å². The smallest absolute Gasteiger partial charge is 0.408 e. The van der Waals surface area contributed by atoms with E-state index in [1.807, 2.05) is 0 Å². The summed E-state index contributed by atoms with van der Waals surface area (Å²) in [5.41, 5.74) is -0.646. The molecule has 7 heteroatoms. The predicted molar refractivity (Wildman–Crippen MR) is 77.6 cm³/mol. The minimum Gasteiger partial charge on any atom is -0.467 e. The van der Waals surface area contributed by atoms with Gasteiger partial charge in [0.05, 0.1) is 7.11 Å². The first-order chi connectivity index (χ1) is 9.47. The molecule has 122 valence electrons. The highest BCUT2D eigenvalue weighted by atomic mass is 16.6. The lowest BCUT2D eigenvalue weighted by Crippen LogP contribution is -2.52. The summed E-state index contributed by atoms with van der Waals surface area (Å²) in [5, 5.41) is 4.96. The van der Waals surface area contributed by atoms with Gasteiger partial charge >= 0.3 is 12.1 Å².